The van der Waals surface area contributed by atoms with Crippen molar-refractivity contribution in [3.05, 3.63) is 24.3 Å². The van der Waals surface area contributed by atoms with E-state index in [2.05, 4.69) is 11.2 Å². The molecule has 1 aromatic carbocycles. The molecule has 0 unspecified atom stereocenters. The Morgan fingerprint density at radius 1 is 1.00 bits per heavy atom. The zero-order valence-corrected chi connectivity index (χ0v) is 13.4. The van der Waals surface area contributed by atoms with Crippen LogP contribution in [0.3, 0.4) is 0 Å². The molecule has 0 aliphatic carbocycles. The number of anilines is 1. The number of hydrogen-bond acceptors (Lipinski definition) is 5. The quantitative estimate of drug-likeness (QED) is 0.469. The van der Waals surface area contributed by atoms with Gasteiger partial charge in [0.25, 0.3) is 0 Å². The van der Waals surface area contributed by atoms with Crippen LogP contribution >= 0.6 is 0 Å². The van der Waals surface area contributed by atoms with Gasteiger partial charge in [0.05, 0.1) is 33.0 Å². The van der Waals surface area contributed by atoms with Crippen molar-refractivity contribution >= 4 is 11.6 Å². The number of carbonyl (C=O) groups is 1. The van der Waals surface area contributed by atoms with Crippen LogP contribution in [-0.2, 0) is 19.0 Å². The number of terminal acetylenes is 1. The molecule has 1 amide bonds. The summed E-state index contributed by atoms with van der Waals surface area (Å²) in [6, 6.07) is 7.16. The normalized spacial score (nSPS) is 10.1. The van der Waals surface area contributed by atoms with E-state index in [-0.39, 0.29) is 5.91 Å². The summed E-state index contributed by atoms with van der Waals surface area (Å²) in [5, 5.41) is 2.69. The van der Waals surface area contributed by atoms with Crippen LogP contribution in [0.25, 0.3) is 0 Å². The highest BCUT2D eigenvalue weighted by atomic mass is 16.6. The average molecular weight is 321 g/mol. The van der Waals surface area contributed by atoms with E-state index in [0.717, 1.165) is 11.4 Å². The Bertz CT molecular complexity index is 481. The topological polar surface area (TPSA) is 66.0 Å². The fraction of sp³-hybridized carbons (Fsp3) is 0.471. The minimum absolute atomic E-state index is 0.100. The van der Waals surface area contributed by atoms with Crippen LogP contribution in [-0.4, -0.2) is 52.2 Å². The van der Waals surface area contributed by atoms with Gasteiger partial charge in [-0.15, -0.1) is 6.42 Å². The van der Waals surface area contributed by atoms with Gasteiger partial charge in [-0.2, -0.15) is 0 Å². The summed E-state index contributed by atoms with van der Waals surface area (Å²) >= 11 is 0. The molecule has 0 spiro atoms. The van der Waals surface area contributed by atoms with Gasteiger partial charge >= 0.3 is 0 Å². The van der Waals surface area contributed by atoms with E-state index in [9.17, 15) is 4.79 Å². The highest BCUT2D eigenvalue weighted by Crippen LogP contribution is 2.15. The Morgan fingerprint density at radius 3 is 2.13 bits per heavy atom. The molecule has 126 valence electrons. The van der Waals surface area contributed by atoms with E-state index in [1.54, 1.807) is 24.3 Å². The van der Waals surface area contributed by atoms with Crippen LogP contribution in [0, 0.1) is 12.3 Å². The van der Waals surface area contributed by atoms with E-state index in [1.807, 2.05) is 0 Å². The fourth-order valence-corrected chi connectivity index (χ4v) is 1.63. The Labute approximate surface area is 137 Å². The first-order valence-electron chi connectivity index (χ1n) is 7.39. The van der Waals surface area contributed by atoms with Gasteiger partial charge in [0.2, 0.25) is 5.91 Å². The van der Waals surface area contributed by atoms with Crippen molar-refractivity contribution in [3.8, 4) is 18.1 Å². The number of carbonyl (C=O) groups excluding carboxylic acids is 1. The molecule has 0 aliphatic heterocycles. The molecule has 0 heterocycles. The zero-order chi connectivity index (χ0) is 16.8. The summed E-state index contributed by atoms with van der Waals surface area (Å²) < 4.78 is 21.3. The van der Waals surface area contributed by atoms with Gasteiger partial charge in [-0.05, 0) is 24.3 Å². The smallest absolute Gasteiger partial charge is 0.221 e. The summed E-state index contributed by atoms with van der Waals surface area (Å²) in [7, 11) is 0. The Morgan fingerprint density at radius 2 is 1.57 bits per heavy atom. The first-order chi connectivity index (χ1) is 11.2. The Balaban J connectivity index is 1.96. The molecule has 0 bridgehead atoms. The molecule has 6 heteroatoms. The Hall–Kier alpha value is -2.07. The SMILES string of the molecule is C#CCOCCOCCOCCOc1ccc(NC(C)=O)cc1. The van der Waals surface area contributed by atoms with Crippen molar-refractivity contribution in [1.82, 2.24) is 0 Å². The standard InChI is InChI=1S/C17H23NO5/c1-3-8-20-9-10-21-11-12-22-13-14-23-17-6-4-16(5-7-17)18-15(2)19/h1,4-7H,8-14H2,2H3,(H,18,19). The van der Waals surface area contributed by atoms with Crippen molar-refractivity contribution in [1.29, 1.82) is 0 Å². The van der Waals surface area contributed by atoms with Crippen LogP contribution in [0.1, 0.15) is 6.92 Å². The van der Waals surface area contributed by atoms with E-state index in [0.29, 0.717) is 46.2 Å². The third-order valence-electron chi connectivity index (χ3n) is 2.60. The van der Waals surface area contributed by atoms with Gasteiger partial charge in [-0.1, -0.05) is 5.92 Å². The second kappa shape index (κ2) is 12.5. The molecule has 1 aromatic rings. The first kappa shape index (κ1) is 19.0. The predicted molar refractivity (Wildman–Crippen MR) is 87.5 cm³/mol. The third kappa shape index (κ3) is 10.3. The molecule has 0 saturated carbocycles. The van der Waals surface area contributed by atoms with Gasteiger partial charge in [0.1, 0.15) is 19.0 Å². The molecule has 1 N–H and O–H groups in total. The van der Waals surface area contributed by atoms with Crippen LogP contribution in [0.2, 0.25) is 0 Å². The van der Waals surface area contributed by atoms with Crippen LogP contribution < -0.4 is 10.1 Å². The summed E-state index contributed by atoms with van der Waals surface area (Å²) in [4.78, 5) is 10.9. The molecule has 23 heavy (non-hydrogen) atoms. The number of ether oxygens (including phenoxy) is 4. The van der Waals surface area contributed by atoms with Gasteiger partial charge in [-0.3, -0.25) is 4.79 Å². The number of benzene rings is 1. The van der Waals surface area contributed by atoms with Gasteiger partial charge in [-0.25, -0.2) is 0 Å². The molecule has 0 fully saturated rings. The van der Waals surface area contributed by atoms with Crippen molar-refractivity contribution in [2.24, 2.45) is 0 Å². The molecule has 1 rings (SSSR count). The van der Waals surface area contributed by atoms with Crippen molar-refractivity contribution in [3.63, 3.8) is 0 Å². The molecular formula is C17H23NO5. The van der Waals surface area contributed by atoms with E-state index in [4.69, 9.17) is 25.4 Å². The molecule has 0 atom stereocenters. The minimum atomic E-state index is -0.100. The lowest BCUT2D eigenvalue weighted by molar-refractivity contribution is -0.114. The molecule has 0 saturated heterocycles. The second-order valence-corrected chi connectivity index (χ2v) is 4.54. The fourth-order valence-electron chi connectivity index (χ4n) is 1.63. The highest BCUT2D eigenvalue weighted by molar-refractivity contribution is 5.88. The summed E-state index contributed by atoms with van der Waals surface area (Å²) in [5.74, 6) is 3.01. The van der Waals surface area contributed by atoms with Crippen molar-refractivity contribution < 1.29 is 23.7 Å². The summed E-state index contributed by atoms with van der Waals surface area (Å²) in [5.41, 5.74) is 0.740. The molecule has 0 radical (unpaired) electrons. The maximum absolute atomic E-state index is 10.9. The maximum atomic E-state index is 10.9. The van der Waals surface area contributed by atoms with Crippen LogP contribution in [0.4, 0.5) is 5.69 Å². The number of amides is 1. The summed E-state index contributed by atoms with van der Waals surface area (Å²) in [6.07, 6.45) is 5.04. The predicted octanol–water partition coefficient (Wildman–Crippen LogP) is 1.71. The van der Waals surface area contributed by atoms with Crippen LogP contribution in [0.5, 0.6) is 5.75 Å². The average Bonchev–Trinajstić information content (AvgIpc) is 2.53. The second-order valence-electron chi connectivity index (χ2n) is 4.54. The van der Waals surface area contributed by atoms with Gasteiger partial charge in [0, 0.05) is 12.6 Å². The van der Waals surface area contributed by atoms with Gasteiger partial charge in [0.15, 0.2) is 0 Å². The third-order valence-corrected chi connectivity index (χ3v) is 2.60. The van der Waals surface area contributed by atoms with Crippen LogP contribution in [0.15, 0.2) is 24.3 Å². The lowest BCUT2D eigenvalue weighted by Crippen LogP contribution is -2.12. The molecule has 6 nitrogen and oxygen atoms in total. The first-order valence-corrected chi connectivity index (χ1v) is 7.39. The van der Waals surface area contributed by atoms with E-state index >= 15 is 0 Å². The molecule has 0 aliphatic rings. The number of rotatable bonds is 12. The van der Waals surface area contributed by atoms with E-state index < -0.39 is 0 Å². The van der Waals surface area contributed by atoms with Gasteiger partial charge < -0.3 is 24.3 Å². The van der Waals surface area contributed by atoms with Crippen molar-refractivity contribution in [2.75, 3.05) is 51.6 Å². The number of nitrogens with one attached hydrogen (secondary N) is 1. The lowest BCUT2D eigenvalue weighted by atomic mass is 10.3. The molecule has 0 aromatic heterocycles. The highest BCUT2D eigenvalue weighted by Gasteiger charge is 1.97. The number of hydrogen-bond donors (Lipinski definition) is 1. The monoisotopic (exact) mass is 321 g/mol. The largest absolute Gasteiger partial charge is 0.491 e. The van der Waals surface area contributed by atoms with Crippen molar-refractivity contribution in [2.45, 2.75) is 6.92 Å². The Kier molecular flexibility index (Phi) is 10.3. The lowest BCUT2D eigenvalue weighted by Gasteiger charge is -2.08. The van der Waals surface area contributed by atoms with E-state index in [1.165, 1.54) is 6.92 Å². The minimum Gasteiger partial charge on any atom is -0.491 e. The maximum Gasteiger partial charge on any atom is 0.221 e. The zero-order valence-electron chi connectivity index (χ0n) is 13.4. The molecular weight excluding hydrogens is 298 g/mol. The summed E-state index contributed by atoms with van der Waals surface area (Å²) in [6.45, 7) is 4.70.